The molecule has 1 N–H and O–H groups in total. The Morgan fingerprint density at radius 3 is 2.57 bits per heavy atom. The second-order valence-electron chi connectivity index (χ2n) is 10.1. The van der Waals surface area contributed by atoms with Gasteiger partial charge in [0, 0.05) is 19.2 Å². The molecule has 0 spiro atoms. The fourth-order valence-electron chi connectivity index (χ4n) is 4.59. The summed E-state index contributed by atoms with van der Waals surface area (Å²) >= 11 is 6.05. The SMILES string of the molecule is CCOc1cc(Cl)ncc1NC(=O)C1(c2ccccc2C(C)C)CN(CCC(C)(C)C(=O)OC)C1. The Balaban J connectivity index is 1.89. The van der Waals surface area contributed by atoms with Crippen LogP contribution in [-0.4, -0.2) is 55.1 Å². The molecule has 0 unspecified atom stereocenters. The van der Waals surface area contributed by atoms with Gasteiger partial charge in [-0.25, -0.2) is 4.98 Å². The van der Waals surface area contributed by atoms with Crippen LogP contribution in [0.2, 0.25) is 5.15 Å². The number of esters is 1. The van der Waals surface area contributed by atoms with Crippen LogP contribution in [0.5, 0.6) is 5.75 Å². The number of rotatable bonds is 10. The van der Waals surface area contributed by atoms with Crippen LogP contribution in [0.25, 0.3) is 0 Å². The lowest BCUT2D eigenvalue weighted by atomic mass is 9.69. The van der Waals surface area contributed by atoms with Crippen LogP contribution >= 0.6 is 11.6 Å². The van der Waals surface area contributed by atoms with E-state index in [0.29, 0.717) is 49.3 Å². The fraction of sp³-hybridized carbons (Fsp3) is 0.519. The van der Waals surface area contributed by atoms with Crippen molar-refractivity contribution in [2.24, 2.45) is 5.41 Å². The molecule has 35 heavy (non-hydrogen) atoms. The Morgan fingerprint density at radius 2 is 1.94 bits per heavy atom. The lowest BCUT2D eigenvalue weighted by molar-refractivity contribution is -0.151. The van der Waals surface area contributed by atoms with Gasteiger partial charge in [0.15, 0.2) is 0 Å². The number of nitrogens with one attached hydrogen (secondary N) is 1. The van der Waals surface area contributed by atoms with Crippen LogP contribution in [0.3, 0.4) is 0 Å². The smallest absolute Gasteiger partial charge is 0.311 e. The number of amides is 1. The lowest BCUT2D eigenvalue weighted by Gasteiger charge is -2.50. The molecule has 0 aliphatic carbocycles. The number of methoxy groups -OCH3 is 1. The first kappa shape index (κ1) is 27.0. The summed E-state index contributed by atoms with van der Waals surface area (Å²) < 4.78 is 10.6. The number of hydrogen-bond acceptors (Lipinski definition) is 6. The van der Waals surface area contributed by atoms with E-state index in [-0.39, 0.29) is 17.8 Å². The molecule has 190 valence electrons. The Bertz CT molecular complexity index is 1060. The molecule has 1 amide bonds. The van der Waals surface area contributed by atoms with Gasteiger partial charge in [0.2, 0.25) is 5.91 Å². The van der Waals surface area contributed by atoms with E-state index in [0.717, 1.165) is 11.1 Å². The van der Waals surface area contributed by atoms with Crippen LogP contribution in [0.1, 0.15) is 58.1 Å². The third kappa shape index (κ3) is 5.78. The van der Waals surface area contributed by atoms with Crippen molar-refractivity contribution in [1.82, 2.24) is 9.88 Å². The highest BCUT2D eigenvalue weighted by Gasteiger charge is 2.52. The van der Waals surface area contributed by atoms with Gasteiger partial charge in [-0.2, -0.15) is 0 Å². The minimum Gasteiger partial charge on any atom is -0.492 e. The van der Waals surface area contributed by atoms with Gasteiger partial charge in [0.1, 0.15) is 16.6 Å². The molecule has 0 bridgehead atoms. The molecule has 3 rings (SSSR count). The molecule has 0 saturated carbocycles. The zero-order valence-electron chi connectivity index (χ0n) is 21.5. The summed E-state index contributed by atoms with van der Waals surface area (Å²) in [5.41, 5.74) is 1.34. The van der Waals surface area contributed by atoms with Crippen molar-refractivity contribution in [3.63, 3.8) is 0 Å². The number of pyridine rings is 1. The third-order valence-corrected chi connectivity index (χ3v) is 6.90. The minimum atomic E-state index is -0.737. The molecule has 1 aromatic carbocycles. The van der Waals surface area contributed by atoms with Gasteiger partial charge >= 0.3 is 5.97 Å². The quantitative estimate of drug-likeness (QED) is 0.363. The van der Waals surface area contributed by atoms with Crippen molar-refractivity contribution >= 4 is 29.2 Å². The molecule has 1 aromatic heterocycles. The third-order valence-electron chi connectivity index (χ3n) is 6.69. The summed E-state index contributed by atoms with van der Waals surface area (Å²) in [5, 5.41) is 3.36. The summed E-state index contributed by atoms with van der Waals surface area (Å²) in [6, 6.07) is 9.74. The van der Waals surface area contributed by atoms with Crippen molar-refractivity contribution in [1.29, 1.82) is 0 Å². The van der Waals surface area contributed by atoms with Gasteiger partial charge in [-0.3, -0.25) is 9.59 Å². The van der Waals surface area contributed by atoms with E-state index in [1.165, 1.54) is 13.3 Å². The average Bonchev–Trinajstić information content (AvgIpc) is 2.79. The molecule has 0 radical (unpaired) electrons. The molecule has 1 aliphatic rings. The maximum Gasteiger partial charge on any atom is 0.311 e. The minimum absolute atomic E-state index is 0.112. The fourth-order valence-corrected chi connectivity index (χ4v) is 4.74. The zero-order chi connectivity index (χ0) is 25.8. The number of aromatic nitrogens is 1. The summed E-state index contributed by atoms with van der Waals surface area (Å²) in [5.74, 6) is 0.411. The molecule has 2 aromatic rings. The second kappa shape index (κ2) is 11.0. The van der Waals surface area contributed by atoms with E-state index in [2.05, 4.69) is 35.1 Å². The predicted octanol–water partition coefficient (Wildman–Crippen LogP) is 5.04. The first-order valence-electron chi connectivity index (χ1n) is 12.0. The summed E-state index contributed by atoms with van der Waals surface area (Å²) in [6.45, 7) is 12.1. The molecular weight excluding hydrogens is 466 g/mol. The highest BCUT2D eigenvalue weighted by molar-refractivity contribution is 6.29. The summed E-state index contributed by atoms with van der Waals surface area (Å²) in [4.78, 5) is 32.4. The Labute approximate surface area is 213 Å². The number of nitrogens with zero attached hydrogens (tertiary/aromatic N) is 2. The van der Waals surface area contributed by atoms with Gasteiger partial charge in [-0.1, -0.05) is 49.7 Å². The zero-order valence-corrected chi connectivity index (χ0v) is 22.2. The van der Waals surface area contributed by atoms with Crippen molar-refractivity contribution in [2.75, 3.05) is 38.7 Å². The lowest BCUT2D eigenvalue weighted by Crippen LogP contribution is -2.65. The Kier molecular flexibility index (Phi) is 8.44. The molecular formula is C27H36ClN3O4. The standard InChI is InChI=1S/C27H36ClN3O4/c1-7-35-22-14-23(28)29-15-21(22)30-24(32)27(20-11-9-8-10-19(20)18(2)3)16-31(17-27)13-12-26(4,5)25(33)34-6/h8-11,14-15,18H,7,12-13,16-17H2,1-6H3,(H,30,32). The molecule has 7 nitrogen and oxygen atoms in total. The molecule has 1 aliphatic heterocycles. The summed E-state index contributed by atoms with van der Waals surface area (Å²) in [6.07, 6.45) is 2.17. The van der Waals surface area contributed by atoms with Crippen LogP contribution in [0.15, 0.2) is 36.5 Å². The van der Waals surface area contributed by atoms with Crippen LogP contribution in [0, 0.1) is 5.41 Å². The van der Waals surface area contributed by atoms with Crippen molar-refractivity contribution in [2.45, 2.75) is 52.4 Å². The molecule has 0 atom stereocenters. The number of likely N-dealkylation sites (tertiary alicyclic amines) is 1. The Morgan fingerprint density at radius 1 is 1.26 bits per heavy atom. The average molecular weight is 502 g/mol. The van der Waals surface area contributed by atoms with E-state index in [1.54, 1.807) is 6.07 Å². The monoisotopic (exact) mass is 501 g/mol. The number of anilines is 1. The highest BCUT2D eigenvalue weighted by atomic mass is 35.5. The van der Waals surface area contributed by atoms with Crippen molar-refractivity contribution < 1.29 is 19.1 Å². The summed E-state index contributed by atoms with van der Waals surface area (Å²) in [7, 11) is 1.41. The van der Waals surface area contributed by atoms with Gasteiger partial charge in [-0.15, -0.1) is 0 Å². The van der Waals surface area contributed by atoms with E-state index in [4.69, 9.17) is 21.1 Å². The van der Waals surface area contributed by atoms with E-state index in [1.807, 2.05) is 39.0 Å². The van der Waals surface area contributed by atoms with E-state index in [9.17, 15) is 9.59 Å². The number of hydrogen-bond donors (Lipinski definition) is 1. The number of halogens is 1. The maximum absolute atomic E-state index is 13.9. The van der Waals surface area contributed by atoms with Crippen molar-refractivity contribution in [3.05, 3.63) is 52.8 Å². The number of ether oxygens (including phenoxy) is 2. The molecule has 2 heterocycles. The largest absolute Gasteiger partial charge is 0.492 e. The van der Waals surface area contributed by atoms with Gasteiger partial charge in [0.25, 0.3) is 0 Å². The normalized spacial score (nSPS) is 15.4. The predicted molar refractivity (Wildman–Crippen MR) is 138 cm³/mol. The molecule has 1 fully saturated rings. The van der Waals surface area contributed by atoms with Crippen molar-refractivity contribution in [3.8, 4) is 5.75 Å². The first-order valence-corrected chi connectivity index (χ1v) is 12.4. The second-order valence-corrected chi connectivity index (χ2v) is 10.4. The molecule has 1 saturated heterocycles. The maximum atomic E-state index is 13.9. The topological polar surface area (TPSA) is 80.8 Å². The van der Waals surface area contributed by atoms with Crippen LogP contribution in [-0.2, 0) is 19.7 Å². The highest BCUT2D eigenvalue weighted by Crippen LogP contribution is 2.41. The number of benzene rings is 1. The van der Waals surface area contributed by atoms with E-state index < -0.39 is 10.8 Å². The Hall–Kier alpha value is -2.64. The molecule has 8 heteroatoms. The van der Waals surface area contributed by atoms with Gasteiger partial charge in [-0.05, 0) is 50.8 Å². The van der Waals surface area contributed by atoms with Gasteiger partial charge in [0.05, 0.1) is 30.7 Å². The first-order chi connectivity index (χ1) is 16.5. The number of carbonyl (C=O) groups excluding carboxylic acids is 2. The number of carbonyl (C=O) groups is 2. The van der Waals surface area contributed by atoms with E-state index >= 15 is 0 Å². The van der Waals surface area contributed by atoms with Gasteiger partial charge < -0.3 is 19.7 Å². The van der Waals surface area contributed by atoms with Crippen LogP contribution < -0.4 is 10.1 Å². The van der Waals surface area contributed by atoms with Crippen LogP contribution in [0.4, 0.5) is 5.69 Å².